The molecule has 0 amide bonds. The third-order valence-corrected chi connectivity index (χ3v) is 6.74. The van der Waals surface area contributed by atoms with Gasteiger partial charge in [-0.25, -0.2) is 22.7 Å². The minimum Gasteiger partial charge on any atom is -0.477 e. The van der Waals surface area contributed by atoms with Crippen molar-refractivity contribution in [2.45, 2.75) is 49.3 Å². The van der Waals surface area contributed by atoms with Crippen LogP contribution in [0.2, 0.25) is 0 Å². The van der Waals surface area contributed by atoms with E-state index < -0.39 is 15.8 Å². The molecule has 152 valence electrons. The van der Waals surface area contributed by atoms with Crippen molar-refractivity contribution in [3.8, 4) is 0 Å². The van der Waals surface area contributed by atoms with Gasteiger partial charge in [0.05, 0.1) is 16.8 Å². The Bertz CT molecular complexity index is 1160. The second-order valence-electron chi connectivity index (χ2n) is 7.70. The molecule has 7 nitrogen and oxygen atoms in total. The van der Waals surface area contributed by atoms with Crippen molar-refractivity contribution in [1.82, 2.24) is 14.6 Å². The summed E-state index contributed by atoms with van der Waals surface area (Å²) in [5.74, 6) is -0.729. The standard InChI is InChI=1S/C21H23N3O4S/c1-29(27,28)17-9-7-14(8-10-17)11-16-12-22-20-18(21(25)26)13-23-24(20)19(16)15-5-3-2-4-6-15/h7-10,12-13,15H,2-6,11H2,1H3,(H,25,26). The number of carbonyl (C=O) groups is 1. The Morgan fingerprint density at radius 2 is 1.83 bits per heavy atom. The zero-order valence-electron chi connectivity index (χ0n) is 16.2. The number of aromatic carboxylic acids is 1. The van der Waals surface area contributed by atoms with Gasteiger partial charge < -0.3 is 5.11 Å². The second-order valence-corrected chi connectivity index (χ2v) is 9.71. The summed E-state index contributed by atoms with van der Waals surface area (Å²) in [4.78, 5) is 16.2. The van der Waals surface area contributed by atoms with E-state index in [1.165, 1.54) is 18.9 Å². The Hall–Kier alpha value is -2.74. The highest BCUT2D eigenvalue weighted by molar-refractivity contribution is 7.90. The topological polar surface area (TPSA) is 102 Å². The molecule has 1 aliphatic carbocycles. The molecule has 0 aliphatic heterocycles. The van der Waals surface area contributed by atoms with Crippen LogP contribution in [0.4, 0.5) is 0 Å². The molecule has 1 saturated carbocycles. The van der Waals surface area contributed by atoms with E-state index in [1.807, 2.05) is 12.1 Å². The molecular weight excluding hydrogens is 390 g/mol. The van der Waals surface area contributed by atoms with E-state index in [2.05, 4.69) is 10.1 Å². The largest absolute Gasteiger partial charge is 0.477 e. The SMILES string of the molecule is CS(=O)(=O)c1ccc(Cc2cnc3c(C(=O)O)cnn3c2C2CCCCC2)cc1. The first-order valence-electron chi connectivity index (χ1n) is 9.72. The Kier molecular flexibility index (Phi) is 5.12. The zero-order valence-corrected chi connectivity index (χ0v) is 17.0. The van der Waals surface area contributed by atoms with E-state index in [9.17, 15) is 18.3 Å². The third kappa shape index (κ3) is 3.89. The van der Waals surface area contributed by atoms with Gasteiger partial charge in [-0.1, -0.05) is 31.4 Å². The van der Waals surface area contributed by atoms with E-state index in [0.29, 0.717) is 22.9 Å². The summed E-state index contributed by atoms with van der Waals surface area (Å²) in [5, 5.41) is 13.8. The first kappa shape index (κ1) is 19.6. The fraction of sp³-hybridized carbons (Fsp3) is 0.381. The number of rotatable bonds is 5. The number of fused-ring (bicyclic) bond motifs is 1. The van der Waals surface area contributed by atoms with E-state index in [0.717, 1.165) is 42.5 Å². The van der Waals surface area contributed by atoms with Crippen LogP contribution in [0.15, 0.2) is 41.6 Å². The van der Waals surface area contributed by atoms with Gasteiger partial charge >= 0.3 is 5.97 Å². The molecule has 2 aromatic heterocycles. The number of aromatic nitrogens is 3. The molecule has 1 fully saturated rings. The number of sulfone groups is 1. The minimum atomic E-state index is -3.23. The summed E-state index contributed by atoms with van der Waals surface area (Å²) in [6, 6.07) is 6.87. The normalized spacial score (nSPS) is 15.6. The van der Waals surface area contributed by atoms with Crippen LogP contribution in [0.1, 0.15) is 65.2 Å². The third-order valence-electron chi connectivity index (χ3n) is 5.61. The molecule has 0 radical (unpaired) electrons. The smallest absolute Gasteiger partial charge is 0.341 e. The number of hydrogen-bond acceptors (Lipinski definition) is 5. The Labute approximate surface area is 169 Å². The van der Waals surface area contributed by atoms with Gasteiger partial charge in [0.2, 0.25) is 0 Å². The molecule has 1 N–H and O–H groups in total. The maximum Gasteiger partial charge on any atom is 0.341 e. The average molecular weight is 413 g/mol. The van der Waals surface area contributed by atoms with Crippen LogP contribution in [-0.4, -0.2) is 40.3 Å². The molecule has 2 heterocycles. The van der Waals surface area contributed by atoms with Crippen molar-refractivity contribution >= 4 is 21.5 Å². The van der Waals surface area contributed by atoms with Crippen LogP contribution >= 0.6 is 0 Å². The molecular formula is C21H23N3O4S. The summed E-state index contributed by atoms with van der Waals surface area (Å²) in [7, 11) is -3.23. The predicted octanol–water partition coefficient (Wildman–Crippen LogP) is 3.47. The van der Waals surface area contributed by atoms with Crippen LogP contribution in [-0.2, 0) is 16.3 Å². The molecule has 1 aliphatic rings. The lowest BCUT2D eigenvalue weighted by molar-refractivity contribution is 0.0698. The molecule has 0 atom stereocenters. The van der Waals surface area contributed by atoms with Crippen molar-refractivity contribution in [3.05, 3.63) is 59.0 Å². The summed E-state index contributed by atoms with van der Waals surface area (Å²) in [6.45, 7) is 0. The lowest BCUT2D eigenvalue weighted by Gasteiger charge is -2.25. The van der Waals surface area contributed by atoms with Crippen LogP contribution in [0.5, 0.6) is 0 Å². The van der Waals surface area contributed by atoms with Crippen molar-refractivity contribution in [3.63, 3.8) is 0 Å². The predicted molar refractivity (Wildman–Crippen MR) is 108 cm³/mol. The monoisotopic (exact) mass is 413 g/mol. The Morgan fingerprint density at radius 3 is 2.45 bits per heavy atom. The Morgan fingerprint density at radius 1 is 1.14 bits per heavy atom. The number of benzene rings is 1. The van der Waals surface area contributed by atoms with E-state index in [1.54, 1.807) is 22.8 Å². The quantitative estimate of drug-likeness (QED) is 0.687. The van der Waals surface area contributed by atoms with Gasteiger partial charge in [0.15, 0.2) is 15.5 Å². The molecule has 3 aromatic rings. The van der Waals surface area contributed by atoms with Gasteiger partial charge in [-0.3, -0.25) is 0 Å². The summed E-state index contributed by atoms with van der Waals surface area (Å²) < 4.78 is 25.1. The molecule has 0 spiro atoms. The lowest BCUT2D eigenvalue weighted by atomic mass is 9.84. The van der Waals surface area contributed by atoms with Crippen LogP contribution in [0.3, 0.4) is 0 Å². The number of hydrogen-bond donors (Lipinski definition) is 1. The molecule has 0 unspecified atom stereocenters. The van der Waals surface area contributed by atoms with Gasteiger partial charge in [0, 0.05) is 24.8 Å². The summed E-state index contributed by atoms with van der Waals surface area (Å²) >= 11 is 0. The molecule has 0 bridgehead atoms. The van der Waals surface area contributed by atoms with Crippen molar-refractivity contribution in [2.24, 2.45) is 0 Å². The molecule has 29 heavy (non-hydrogen) atoms. The van der Waals surface area contributed by atoms with Crippen molar-refractivity contribution in [2.75, 3.05) is 6.26 Å². The van der Waals surface area contributed by atoms with Gasteiger partial charge in [-0.15, -0.1) is 0 Å². The maximum absolute atomic E-state index is 11.7. The maximum atomic E-state index is 11.7. The van der Waals surface area contributed by atoms with Crippen LogP contribution < -0.4 is 0 Å². The molecule has 0 saturated heterocycles. The molecule has 1 aromatic carbocycles. The van der Waals surface area contributed by atoms with E-state index in [-0.39, 0.29) is 5.56 Å². The fourth-order valence-electron chi connectivity index (χ4n) is 4.16. The fourth-order valence-corrected chi connectivity index (χ4v) is 4.79. The highest BCUT2D eigenvalue weighted by Gasteiger charge is 2.25. The first-order valence-corrected chi connectivity index (χ1v) is 11.6. The Balaban J connectivity index is 1.77. The zero-order chi connectivity index (χ0) is 20.6. The van der Waals surface area contributed by atoms with Crippen LogP contribution in [0, 0.1) is 0 Å². The van der Waals surface area contributed by atoms with Crippen molar-refractivity contribution < 1.29 is 18.3 Å². The summed E-state index contributed by atoms with van der Waals surface area (Å²) in [6.07, 6.45) is 10.5. The highest BCUT2D eigenvalue weighted by Crippen LogP contribution is 2.35. The van der Waals surface area contributed by atoms with Gasteiger partial charge in [-0.05, 0) is 36.1 Å². The van der Waals surface area contributed by atoms with Crippen molar-refractivity contribution in [1.29, 1.82) is 0 Å². The molecule has 4 rings (SSSR count). The summed E-state index contributed by atoms with van der Waals surface area (Å²) in [5.41, 5.74) is 3.47. The molecule has 8 heteroatoms. The van der Waals surface area contributed by atoms with Gasteiger partial charge in [-0.2, -0.15) is 5.10 Å². The number of carboxylic acid groups (broad SMARTS) is 1. The van der Waals surface area contributed by atoms with Crippen LogP contribution in [0.25, 0.3) is 5.65 Å². The van der Waals surface area contributed by atoms with Gasteiger partial charge in [0.1, 0.15) is 5.56 Å². The average Bonchev–Trinajstić information content (AvgIpc) is 3.12. The van der Waals surface area contributed by atoms with E-state index >= 15 is 0 Å². The minimum absolute atomic E-state index is 0.103. The number of carboxylic acids is 1. The first-order chi connectivity index (χ1) is 13.8. The van der Waals surface area contributed by atoms with E-state index in [4.69, 9.17) is 0 Å². The highest BCUT2D eigenvalue weighted by atomic mass is 32.2. The van der Waals surface area contributed by atoms with Gasteiger partial charge in [0.25, 0.3) is 0 Å². The lowest BCUT2D eigenvalue weighted by Crippen LogP contribution is -2.15. The second kappa shape index (κ2) is 7.59. The number of nitrogens with zero attached hydrogens (tertiary/aromatic N) is 3.